The number of fused-ring (bicyclic) bond motifs is 1. The van der Waals surface area contributed by atoms with E-state index in [1.807, 2.05) is 41.6 Å². The Bertz CT molecular complexity index is 997. The van der Waals surface area contributed by atoms with Crippen LogP contribution in [0.3, 0.4) is 0 Å². The summed E-state index contributed by atoms with van der Waals surface area (Å²) in [5.41, 5.74) is 2.94. The van der Waals surface area contributed by atoms with E-state index in [4.69, 9.17) is 9.72 Å². The lowest BCUT2D eigenvalue weighted by Crippen LogP contribution is -2.39. The van der Waals surface area contributed by atoms with Gasteiger partial charge in [0.05, 0.1) is 4.88 Å². The van der Waals surface area contributed by atoms with Crippen molar-refractivity contribution in [3.05, 3.63) is 46.0 Å². The number of carbonyl (C=O) groups is 1. The van der Waals surface area contributed by atoms with Crippen molar-refractivity contribution >= 4 is 28.4 Å². The first kappa shape index (κ1) is 17.8. The van der Waals surface area contributed by atoms with Crippen LogP contribution in [0.4, 0.5) is 0 Å². The zero-order valence-corrected chi connectivity index (χ0v) is 16.8. The molecule has 1 amide bonds. The number of pyridine rings is 1. The first-order chi connectivity index (χ1) is 13.7. The third-order valence-corrected chi connectivity index (χ3v) is 6.87. The van der Waals surface area contributed by atoms with Gasteiger partial charge in [-0.05, 0) is 61.7 Å². The Morgan fingerprint density at radius 3 is 2.82 bits per heavy atom. The summed E-state index contributed by atoms with van der Waals surface area (Å²) in [6.45, 7) is 4.33. The van der Waals surface area contributed by atoms with Crippen LogP contribution in [-0.4, -0.2) is 45.0 Å². The van der Waals surface area contributed by atoms with Crippen LogP contribution in [0.25, 0.3) is 11.2 Å². The smallest absolute Gasteiger partial charge is 0.264 e. The second-order valence-electron chi connectivity index (χ2n) is 7.64. The predicted molar refractivity (Wildman–Crippen MR) is 109 cm³/mol. The molecule has 2 aliphatic heterocycles. The number of hydrogen-bond donors (Lipinski definition) is 0. The average molecular weight is 397 g/mol. The largest absolute Gasteiger partial charge is 0.370 e. The molecule has 146 valence electrons. The molecule has 0 bridgehead atoms. The second kappa shape index (κ2) is 7.29. The SMILES string of the molecule is Cc1ccsc1C(=O)N1CCC(n2c(C3CCCO3)nc3cccnc32)CC1. The summed E-state index contributed by atoms with van der Waals surface area (Å²) in [5.74, 6) is 1.17. The van der Waals surface area contributed by atoms with Gasteiger partial charge < -0.3 is 14.2 Å². The molecule has 28 heavy (non-hydrogen) atoms. The number of aryl methyl sites for hydroxylation is 1. The van der Waals surface area contributed by atoms with E-state index in [1.165, 1.54) is 11.3 Å². The highest BCUT2D eigenvalue weighted by molar-refractivity contribution is 7.12. The maximum Gasteiger partial charge on any atom is 0.264 e. The van der Waals surface area contributed by atoms with E-state index in [0.717, 1.165) is 72.8 Å². The molecule has 3 aromatic heterocycles. The summed E-state index contributed by atoms with van der Waals surface area (Å²) in [6.07, 6.45) is 5.81. The van der Waals surface area contributed by atoms with Crippen LogP contribution in [0.15, 0.2) is 29.8 Å². The molecule has 5 heterocycles. The van der Waals surface area contributed by atoms with Crippen molar-refractivity contribution in [2.45, 2.75) is 44.8 Å². The number of aromatic nitrogens is 3. The fraction of sp³-hybridized carbons (Fsp3) is 0.476. The third kappa shape index (κ3) is 3.02. The minimum atomic E-state index is 0.0580. The molecule has 0 saturated carbocycles. The summed E-state index contributed by atoms with van der Waals surface area (Å²) >= 11 is 1.54. The number of thiophene rings is 1. The minimum Gasteiger partial charge on any atom is -0.370 e. The normalized spacial score (nSPS) is 20.9. The van der Waals surface area contributed by atoms with E-state index in [1.54, 1.807) is 0 Å². The number of imidazole rings is 1. The van der Waals surface area contributed by atoms with E-state index in [0.29, 0.717) is 6.04 Å². The fourth-order valence-electron chi connectivity index (χ4n) is 4.38. The number of hydrogen-bond acceptors (Lipinski definition) is 5. The van der Waals surface area contributed by atoms with E-state index >= 15 is 0 Å². The lowest BCUT2D eigenvalue weighted by Gasteiger charge is -2.33. The van der Waals surface area contributed by atoms with Gasteiger partial charge in [-0.15, -0.1) is 11.3 Å². The number of piperidine rings is 1. The highest BCUT2D eigenvalue weighted by Crippen LogP contribution is 2.35. The molecule has 0 radical (unpaired) electrons. The van der Waals surface area contributed by atoms with Crippen LogP contribution < -0.4 is 0 Å². The fourth-order valence-corrected chi connectivity index (χ4v) is 5.27. The van der Waals surface area contributed by atoms with Crippen molar-refractivity contribution in [1.29, 1.82) is 0 Å². The van der Waals surface area contributed by atoms with Gasteiger partial charge >= 0.3 is 0 Å². The zero-order chi connectivity index (χ0) is 19.1. The van der Waals surface area contributed by atoms with Crippen LogP contribution >= 0.6 is 11.3 Å². The van der Waals surface area contributed by atoms with Crippen molar-refractivity contribution in [2.75, 3.05) is 19.7 Å². The van der Waals surface area contributed by atoms with Gasteiger partial charge in [0, 0.05) is 31.9 Å². The van der Waals surface area contributed by atoms with Gasteiger partial charge in [0.15, 0.2) is 5.65 Å². The van der Waals surface area contributed by atoms with Crippen molar-refractivity contribution < 1.29 is 9.53 Å². The van der Waals surface area contributed by atoms with Gasteiger partial charge in [0.25, 0.3) is 5.91 Å². The van der Waals surface area contributed by atoms with Gasteiger partial charge in [-0.25, -0.2) is 9.97 Å². The zero-order valence-electron chi connectivity index (χ0n) is 16.0. The first-order valence-corrected chi connectivity index (χ1v) is 10.9. The molecule has 3 aromatic rings. The number of amides is 1. The van der Waals surface area contributed by atoms with E-state index < -0.39 is 0 Å². The van der Waals surface area contributed by atoms with Crippen LogP contribution in [0.5, 0.6) is 0 Å². The number of carbonyl (C=O) groups excluding carboxylic acids is 1. The molecule has 2 fully saturated rings. The Hall–Kier alpha value is -2.25. The van der Waals surface area contributed by atoms with Gasteiger partial charge in [0.1, 0.15) is 17.4 Å². The monoisotopic (exact) mass is 396 g/mol. The van der Waals surface area contributed by atoms with Crippen LogP contribution in [0, 0.1) is 6.92 Å². The molecule has 1 atom stereocenters. The minimum absolute atomic E-state index is 0.0580. The Morgan fingerprint density at radius 1 is 1.25 bits per heavy atom. The van der Waals surface area contributed by atoms with Gasteiger partial charge in [-0.3, -0.25) is 4.79 Å². The topological polar surface area (TPSA) is 60.2 Å². The summed E-state index contributed by atoms with van der Waals surface area (Å²) in [5, 5.41) is 1.99. The van der Waals surface area contributed by atoms with Crippen LogP contribution in [-0.2, 0) is 4.74 Å². The van der Waals surface area contributed by atoms with Crippen LogP contribution in [0.2, 0.25) is 0 Å². The molecule has 7 heteroatoms. The quantitative estimate of drug-likeness (QED) is 0.668. The Kier molecular flexibility index (Phi) is 4.64. The third-order valence-electron chi connectivity index (χ3n) is 5.87. The highest BCUT2D eigenvalue weighted by atomic mass is 32.1. The average Bonchev–Trinajstić information content (AvgIpc) is 3.46. The first-order valence-electron chi connectivity index (χ1n) is 10.00. The summed E-state index contributed by atoms with van der Waals surface area (Å²) < 4.78 is 8.24. The maximum atomic E-state index is 12.8. The van der Waals surface area contributed by atoms with Gasteiger partial charge in [-0.1, -0.05) is 0 Å². The predicted octanol–water partition coefficient (Wildman–Crippen LogP) is 4.13. The number of nitrogens with zero attached hydrogens (tertiary/aromatic N) is 4. The highest BCUT2D eigenvalue weighted by Gasteiger charge is 2.31. The van der Waals surface area contributed by atoms with Crippen molar-refractivity contribution in [2.24, 2.45) is 0 Å². The number of ether oxygens (including phenoxy) is 1. The lowest BCUT2D eigenvalue weighted by atomic mass is 10.0. The summed E-state index contributed by atoms with van der Waals surface area (Å²) in [4.78, 5) is 25.2. The number of likely N-dealkylation sites (tertiary alicyclic amines) is 1. The molecule has 0 N–H and O–H groups in total. The Labute approximate surface area is 168 Å². The van der Waals surface area contributed by atoms with E-state index in [9.17, 15) is 4.79 Å². The standard InChI is InChI=1S/C21H24N4O2S/c1-14-8-13-28-18(14)21(26)24-10-6-15(7-11-24)25-19-16(4-2-9-22-19)23-20(25)17-5-3-12-27-17/h2,4,8-9,13,15,17H,3,5-7,10-12H2,1H3. The maximum absolute atomic E-state index is 12.8. The number of rotatable bonds is 3. The molecule has 0 aliphatic carbocycles. The lowest BCUT2D eigenvalue weighted by molar-refractivity contribution is 0.0686. The Balaban J connectivity index is 1.40. The van der Waals surface area contributed by atoms with Crippen LogP contribution in [0.1, 0.15) is 58.9 Å². The van der Waals surface area contributed by atoms with Crippen molar-refractivity contribution in [1.82, 2.24) is 19.4 Å². The molecule has 5 rings (SSSR count). The molecule has 2 saturated heterocycles. The molecule has 6 nitrogen and oxygen atoms in total. The molecular weight excluding hydrogens is 372 g/mol. The van der Waals surface area contributed by atoms with Gasteiger partial charge in [-0.2, -0.15) is 0 Å². The molecule has 0 spiro atoms. The summed E-state index contributed by atoms with van der Waals surface area (Å²) in [6, 6.07) is 6.27. The molecule has 1 unspecified atom stereocenters. The van der Waals surface area contributed by atoms with E-state index in [2.05, 4.69) is 9.55 Å². The van der Waals surface area contributed by atoms with E-state index in [-0.39, 0.29) is 12.0 Å². The molecule has 2 aliphatic rings. The molecular formula is C21H24N4O2S. The van der Waals surface area contributed by atoms with Crippen molar-refractivity contribution in [3.63, 3.8) is 0 Å². The van der Waals surface area contributed by atoms with Gasteiger partial charge in [0.2, 0.25) is 0 Å². The second-order valence-corrected chi connectivity index (χ2v) is 8.56. The Morgan fingerprint density at radius 2 is 2.11 bits per heavy atom. The van der Waals surface area contributed by atoms with Crippen molar-refractivity contribution in [3.8, 4) is 0 Å². The molecule has 0 aromatic carbocycles. The summed E-state index contributed by atoms with van der Waals surface area (Å²) in [7, 11) is 0.